The number of pyridine rings is 1. The van der Waals surface area contributed by atoms with Gasteiger partial charge in [0.1, 0.15) is 0 Å². The topological polar surface area (TPSA) is 30.0 Å². The van der Waals surface area contributed by atoms with Crippen molar-refractivity contribution in [2.24, 2.45) is 0 Å². The van der Waals surface area contributed by atoms with Gasteiger partial charge in [0, 0.05) is 22.0 Å². The Balaban J connectivity index is 2.17. The molecule has 3 heteroatoms. The second-order valence-electron chi connectivity index (χ2n) is 4.12. The Labute approximate surface area is 109 Å². The van der Waals surface area contributed by atoms with Crippen LogP contribution in [0.2, 0.25) is 0 Å². The smallest absolute Gasteiger partial charge is 0.203 e. The molecule has 2 nitrogen and oxygen atoms in total. The minimum Gasteiger partial charge on any atom is -0.288 e. The van der Waals surface area contributed by atoms with E-state index in [0.717, 1.165) is 26.2 Å². The van der Waals surface area contributed by atoms with E-state index >= 15 is 0 Å². The molecule has 0 saturated heterocycles. The molecule has 0 N–H and O–H groups in total. The van der Waals surface area contributed by atoms with Crippen molar-refractivity contribution in [1.82, 2.24) is 4.98 Å². The fourth-order valence-electron chi connectivity index (χ4n) is 1.99. The SMILES string of the molecule is Cc1ccc(C(=O)c2cccc3ncccc23)s1. The van der Waals surface area contributed by atoms with Gasteiger partial charge < -0.3 is 0 Å². The summed E-state index contributed by atoms with van der Waals surface area (Å²) in [6.45, 7) is 2.01. The van der Waals surface area contributed by atoms with Gasteiger partial charge in [-0.3, -0.25) is 9.78 Å². The van der Waals surface area contributed by atoms with Crippen LogP contribution in [0.3, 0.4) is 0 Å². The van der Waals surface area contributed by atoms with E-state index in [1.165, 1.54) is 11.3 Å². The summed E-state index contributed by atoms with van der Waals surface area (Å²) in [5, 5.41) is 0.913. The van der Waals surface area contributed by atoms with Gasteiger partial charge in [-0.2, -0.15) is 0 Å². The maximum Gasteiger partial charge on any atom is 0.203 e. The molecule has 3 aromatic rings. The number of aromatic nitrogens is 1. The summed E-state index contributed by atoms with van der Waals surface area (Å²) < 4.78 is 0. The summed E-state index contributed by atoms with van der Waals surface area (Å²) >= 11 is 1.53. The van der Waals surface area contributed by atoms with Crippen molar-refractivity contribution >= 4 is 28.0 Å². The Bertz CT molecular complexity index is 725. The molecule has 0 saturated carbocycles. The van der Waals surface area contributed by atoms with Gasteiger partial charge in [0.25, 0.3) is 0 Å². The Kier molecular flexibility index (Phi) is 2.68. The molecule has 0 aliphatic heterocycles. The average molecular weight is 253 g/mol. The lowest BCUT2D eigenvalue weighted by molar-refractivity contribution is 0.104. The first-order chi connectivity index (χ1) is 8.75. The average Bonchev–Trinajstić information content (AvgIpc) is 2.84. The van der Waals surface area contributed by atoms with Crippen molar-refractivity contribution in [2.75, 3.05) is 0 Å². The standard InChI is InChI=1S/C15H11NOS/c1-10-7-8-14(18-10)15(17)12-4-2-6-13-11(12)5-3-9-16-13/h2-9H,1H3. The van der Waals surface area contributed by atoms with Crippen molar-refractivity contribution in [3.8, 4) is 0 Å². The number of fused-ring (bicyclic) bond motifs is 1. The number of hydrogen-bond donors (Lipinski definition) is 0. The monoisotopic (exact) mass is 253 g/mol. The molecule has 1 aromatic carbocycles. The zero-order valence-corrected chi connectivity index (χ0v) is 10.7. The number of thiophene rings is 1. The number of carbonyl (C=O) groups is 1. The van der Waals surface area contributed by atoms with Gasteiger partial charge >= 0.3 is 0 Å². The number of ketones is 1. The third kappa shape index (κ3) is 1.83. The number of carbonyl (C=O) groups excluding carboxylic acids is 1. The van der Waals surface area contributed by atoms with Crippen molar-refractivity contribution in [3.63, 3.8) is 0 Å². The Morgan fingerprint density at radius 3 is 2.78 bits per heavy atom. The Morgan fingerprint density at radius 1 is 1.11 bits per heavy atom. The normalized spacial score (nSPS) is 10.7. The Hall–Kier alpha value is -2.00. The number of hydrogen-bond acceptors (Lipinski definition) is 3. The molecule has 0 unspecified atom stereocenters. The molecule has 0 amide bonds. The molecule has 0 aliphatic rings. The lowest BCUT2D eigenvalue weighted by Crippen LogP contribution is -1.99. The van der Waals surface area contributed by atoms with Crippen molar-refractivity contribution in [2.45, 2.75) is 6.92 Å². The lowest BCUT2D eigenvalue weighted by atomic mass is 10.0. The molecule has 0 bridgehead atoms. The van der Waals surface area contributed by atoms with E-state index in [9.17, 15) is 4.79 Å². The highest BCUT2D eigenvalue weighted by atomic mass is 32.1. The molecular formula is C15H11NOS. The van der Waals surface area contributed by atoms with E-state index < -0.39 is 0 Å². The van der Waals surface area contributed by atoms with Gasteiger partial charge in [0.2, 0.25) is 5.78 Å². The molecule has 2 aromatic heterocycles. The second-order valence-corrected chi connectivity index (χ2v) is 5.40. The van der Waals surface area contributed by atoms with Gasteiger partial charge in [-0.25, -0.2) is 0 Å². The third-order valence-electron chi connectivity index (χ3n) is 2.85. The molecule has 0 spiro atoms. The van der Waals surface area contributed by atoms with Gasteiger partial charge in [-0.15, -0.1) is 11.3 Å². The first kappa shape index (κ1) is 11.1. The zero-order chi connectivity index (χ0) is 12.5. The van der Waals surface area contributed by atoms with Crippen LogP contribution in [0.4, 0.5) is 0 Å². The number of aryl methyl sites for hydroxylation is 1. The van der Waals surface area contributed by atoms with E-state index in [1.807, 2.05) is 49.4 Å². The van der Waals surface area contributed by atoms with E-state index in [-0.39, 0.29) is 5.78 Å². The molecule has 0 radical (unpaired) electrons. The number of rotatable bonds is 2. The van der Waals surface area contributed by atoms with Crippen LogP contribution in [0.1, 0.15) is 20.1 Å². The predicted molar refractivity (Wildman–Crippen MR) is 74.2 cm³/mol. The minimum absolute atomic E-state index is 0.0756. The molecule has 0 aliphatic carbocycles. The third-order valence-corrected chi connectivity index (χ3v) is 3.85. The Morgan fingerprint density at radius 2 is 2.00 bits per heavy atom. The molecule has 88 valence electrons. The fourth-order valence-corrected chi connectivity index (χ4v) is 2.81. The number of nitrogens with zero attached hydrogens (tertiary/aromatic N) is 1. The molecular weight excluding hydrogens is 242 g/mol. The summed E-state index contributed by atoms with van der Waals surface area (Å²) in [6, 6.07) is 13.3. The van der Waals surface area contributed by atoms with Crippen LogP contribution in [0, 0.1) is 6.92 Å². The van der Waals surface area contributed by atoms with Crippen molar-refractivity contribution in [3.05, 3.63) is 64.0 Å². The van der Waals surface area contributed by atoms with Crippen molar-refractivity contribution < 1.29 is 4.79 Å². The van der Waals surface area contributed by atoms with Crippen LogP contribution >= 0.6 is 11.3 Å². The molecule has 0 atom stereocenters. The summed E-state index contributed by atoms with van der Waals surface area (Å²) in [7, 11) is 0. The molecule has 3 rings (SSSR count). The first-order valence-corrected chi connectivity index (χ1v) is 6.52. The van der Waals surface area contributed by atoms with Gasteiger partial charge in [0.05, 0.1) is 10.4 Å². The highest BCUT2D eigenvalue weighted by Crippen LogP contribution is 2.23. The maximum absolute atomic E-state index is 12.5. The van der Waals surface area contributed by atoms with Gasteiger partial charge in [-0.1, -0.05) is 18.2 Å². The molecule has 2 heterocycles. The molecule has 0 fully saturated rings. The van der Waals surface area contributed by atoms with Crippen LogP contribution in [-0.4, -0.2) is 10.8 Å². The summed E-state index contributed by atoms with van der Waals surface area (Å²) in [6.07, 6.45) is 1.74. The zero-order valence-electron chi connectivity index (χ0n) is 9.88. The largest absolute Gasteiger partial charge is 0.288 e. The van der Waals surface area contributed by atoms with E-state index in [0.29, 0.717) is 0 Å². The maximum atomic E-state index is 12.5. The van der Waals surface area contributed by atoms with Gasteiger partial charge in [0.15, 0.2) is 0 Å². The predicted octanol–water partition coefficient (Wildman–Crippen LogP) is 3.84. The second kappa shape index (κ2) is 4.35. The van der Waals surface area contributed by atoms with Crippen LogP contribution in [0.5, 0.6) is 0 Å². The van der Waals surface area contributed by atoms with Crippen LogP contribution in [-0.2, 0) is 0 Å². The summed E-state index contributed by atoms with van der Waals surface area (Å²) in [5.74, 6) is 0.0756. The first-order valence-electron chi connectivity index (χ1n) is 5.70. The van der Waals surface area contributed by atoms with Crippen LogP contribution < -0.4 is 0 Å². The van der Waals surface area contributed by atoms with E-state index in [1.54, 1.807) is 6.20 Å². The van der Waals surface area contributed by atoms with Crippen molar-refractivity contribution in [1.29, 1.82) is 0 Å². The number of benzene rings is 1. The van der Waals surface area contributed by atoms with E-state index in [4.69, 9.17) is 0 Å². The highest BCUT2D eigenvalue weighted by molar-refractivity contribution is 7.14. The summed E-state index contributed by atoms with van der Waals surface area (Å²) in [4.78, 5) is 18.7. The molecule has 18 heavy (non-hydrogen) atoms. The highest BCUT2D eigenvalue weighted by Gasteiger charge is 2.13. The van der Waals surface area contributed by atoms with Crippen LogP contribution in [0.25, 0.3) is 10.9 Å². The minimum atomic E-state index is 0.0756. The summed E-state index contributed by atoms with van der Waals surface area (Å²) in [5.41, 5.74) is 1.58. The quantitative estimate of drug-likeness (QED) is 0.649. The lowest BCUT2D eigenvalue weighted by Gasteiger charge is -2.03. The van der Waals surface area contributed by atoms with Gasteiger partial charge in [-0.05, 0) is 31.2 Å². The van der Waals surface area contributed by atoms with Crippen LogP contribution in [0.15, 0.2) is 48.7 Å². The van der Waals surface area contributed by atoms with E-state index in [2.05, 4.69) is 4.98 Å². The fraction of sp³-hybridized carbons (Fsp3) is 0.0667.